The molecule has 0 spiro atoms. The molecule has 5 aliphatic rings. The standard InChI is InChI=1S/C48H68N4O10/c1-11-38-48(8)42-30(4)39(49-20-21-52(42)46(55)62-48)28(2)24-47(7)43(61-45-40(53)37(51(9)10)22-29(3)59-45)31(5)41(32(6)44(54)60-38)56-26-36(27-57-47)50-58-25-33-16-15-19-35(23-33)34-17-13-12-14-18-34/h12-19,23,28-32,37-38,40-43,45,53H,11,20-22,24-27H2,1-10H3/t28-,29+,30+,31-,32-,37-,38+,40+,41+,42-,43+,45-,47-,48-/m1/s1. The van der Waals surface area contributed by atoms with Crippen molar-refractivity contribution in [2.45, 2.75) is 141 Å². The number of ether oxygens (including phenoxy) is 6. The normalized spacial score (nSPS) is 38.9. The minimum atomic E-state index is -1.14. The van der Waals surface area contributed by atoms with Gasteiger partial charge in [-0.15, -0.1) is 0 Å². The van der Waals surface area contributed by atoms with Gasteiger partial charge in [-0.3, -0.25) is 14.7 Å². The Morgan fingerprint density at radius 3 is 2.45 bits per heavy atom. The van der Waals surface area contributed by atoms with Crippen LogP contribution in [0.4, 0.5) is 4.79 Å². The van der Waals surface area contributed by atoms with Gasteiger partial charge in [-0.1, -0.05) is 81.4 Å². The second-order valence-electron chi connectivity index (χ2n) is 18.9. The van der Waals surface area contributed by atoms with Crippen LogP contribution in [-0.4, -0.2) is 139 Å². The predicted octanol–water partition coefficient (Wildman–Crippen LogP) is 6.52. The molecule has 0 aliphatic carbocycles. The molecule has 2 aromatic rings. The Kier molecular flexibility index (Phi) is 14.2. The van der Waals surface area contributed by atoms with E-state index in [4.69, 9.17) is 38.3 Å². The lowest BCUT2D eigenvalue weighted by Crippen LogP contribution is -2.60. The molecule has 4 fully saturated rings. The number of likely N-dealkylation sites (N-methyl/N-ethyl adjacent to an activating group) is 1. The van der Waals surface area contributed by atoms with Crippen molar-refractivity contribution in [3.8, 4) is 11.1 Å². The highest BCUT2D eigenvalue weighted by Crippen LogP contribution is 2.45. The quantitative estimate of drug-likeness (QED) is 0.229. The predicted molar refractivity (Wildman–Crippen MR) is 235 cm³/mol. The van der Waals surface area contributed by atoms with E-state index in [2.05, 4.69) is 43.3 Å². The first-order valence-electron chi connectivity index (χ1n) is 22.5. The van der Waals surface area contributed by atoms with Crippen LogP contribution in [-0.2, 0) is 44.7 Å². The van der Waals surface area contributed by atoms with Gasteiger partial charge < -0.3 is 43.3 Å². The van der Waals surface area contributed by atoms with Crippen molar-refractivity contribution in [3.63, 3.8) is 0 Å². The number of fused-ring (bicyclic) bond motifs is 4. The lowest BCUT2D eigenvalue weighted by molar-refractivity contribution is -0.302. The molecule has 7 rings (SSSR count). The molecule has 0 aromatic heterocycles. The van der Waals surface area contributed by atoms with Crippen LogP contribution >= 0.6 is 0 Å². The number of rotatable bonds is 8. The van der Waals surface area contributed by atoms with E-state index in [1.165, 1.54) is 0 Å². The largest absolute Gasteiger partial charge is 0.458 e. The fourth-order valence-corrected chi connectivity index (χ4v) is 10.9. The number of aliphatic hydroxyl groups excluding tert-OH is 1. The van der Waals surface area contributed by atoms with E-state index in [9.17, 15) is 14.7 Å². The van der Waals surface area contributed by atoms with Gasteiger partial charge in [-0.2, -0.15) is 0 Å². The van der Waals surface area contributed by atoms with E-state index in [1.807, 2.05) is 83.9 Å². The highest BCUT2D eigenvalue weighted by atomic mass is 16.7. The molecule has 0 unspecified atom stereocenters. The summed E-state index contributed by atoms with van der Waals surface area (Å²) in [5, 5.41) is 16.4. The average molecular weight is 861 g/mol. The van der Waals surface area contributed by atoms with Crippen LogP contribution < -0.4 is 0 Å². The first kappa shape index (κ1) is 46.1. The van der Waals surface area contributed by atoms with Gasteiger partial charge in [0.05, 0.1) is 55.6 Å². The number of carbonyl (C=O) groups excluding carboxylic acids is 2. The average Bonchev–Trinajstić information content (AvgIpc) is 3.39. The van der Waals surface area contributed by atoms with Crippen molar-refractivity contribution in [3.05, 3.63) is 60.2 Å². The van der Waals surface area contributed by atoms with Gasteiger partial charge in [0.15, 0.2) is 11.9 Å². The summed E-state index contributed by atoms with van der Waals surface area (Å²) in [6, 6.07) is 17.7. The molecule has 14 nitrogen and oxygen atoms in total. The van der Waals surface area contributed by atoms with Gasteiger partial charge in [0, 0.05) is 30.1 Å². The Morgan fingerprint density at radius 1 is 0.984 bits per heavy atom. The van der Waals surface area contributed by atoms with Gasteiger partial charge in [0.25, 0.3) is 0 Å². The number of esters is 1. The molecule has 1 amide bonds. The molecule has 0 radical (unpaired) electrons. The summed E-state index contributed by atoms with van der Waals surface area (Å²) >= 11 is 0. The van der Waals surface area contributed by atoms with E-state index in [0.717, 1.165) is 22.4 Å². The van der Waals surface area contributed by atoms with E-state index in [0.29, 0.717) is 38.1 Å². The molecular weight excluding hydrogens is 793 g/mol. The second-order valence-corrected chi connectivity index (χ2v) is 18.9. The topological polar surface area (TPSA) is 150 Å². The zero-order valence-corrected chi connectivity index (χ0v) is 38.2. The van der Waals surface area contributed by atoms with Crippen molar-refractivity contribution in [1.82, 2.24) is 9.80 Å². The van der Waals surface area contributed by atoms with Crippen LogP contribution in [0.3, 0.4) is 0 Å². The molecule has 5 aliphatic heterocycles. The first-order valence-corrected chi connectivity index (χ1v) is 22.5. The molecule has 4 bridgehead atoms. The number of benzene rings is 2. The van der Waals surface area contributed by atoms with Crippen molar-refractivity contribution in [2.24, 2.45) is 33.8 Å². The number of cyclic esters (lactones) is 1. The molecule has 14 heteroatoms. The molecule has 2 aromatic carbocycles. The second kappa shape index (κ2) is 19.0. The number of aliphatic hydroxyl groups is 1. The van der Waals surface area contributed by atoms with Gasteiger partial charge in [-0.25, -0.2) is 4.79 Å². The molecule has 5 heterocycles. The Bertz CT molecular complexity index is 1950. The Morgan fingerprint density at radius 2 is 1.73 bits per heavy atom. The third-order valence-electron chi connectivity index (χ3n) is 14.0. The van der Waals surface area contributed by atoms with E-state index in [-0.39, 0.29) is 43.8 Å². The van der Waals surface area contributed by atoms with Crippen LogP contribution in [0.1, 0.15) is 80.2 Å². The fraction of sp³-hybridized carbons (Fsp3) is 0.667. The molecule has 4 saturated heterocycles. The number of amides is 1. The molecule has 0 saturated carbocycles. The van der Waals surface area contributed by atoms with Gasteiger partial charge in [-0.05, 0) is 89.7 Å². The maximum Gasteiger partial charge on any atom is 0.410 e. The van der Waals surface area contributed by atoms with Gasteiger partial charge >= 0.3 is 12.1 Å². The summed E-state index contributed by atoms with van der Waals surface area (Å²) in [7, 11) is 3.88. The monoisotopic (exact) mass is 860 g/mol. The van der Waals surface area contributed by atoms with Crippen molar-refractivity contribution < 1.29 is 48.0 Å². The summed E-state index contributed by atoms with van der Waals surface area (Å²) in [6.45, 7) is 16.9. The van der Waals surface area contributed by atoms with Crippen LogP contribution in [0.5, 0.6) is 0 Å². The Hall–Kier alpha value is -3.92. The maximum absolute atomic E-state index is 14.6. The van der Waals surface area contributed by atoms with Gasteiger partial charge in [0.2, 0.25) is 0 Å². The summed E-state index contributed by atoms with van der Waals surface area (Å²) in [4.78, 5) is 43.1. The van der Waals surface area contributed by atoms with Crippen LogP contribution in [0.25, 0.3) is 11.1 Å². The SMILES string of the molecule is CC[C@@H]1OC(=O)[C@H](C)[C@H]2OCC(=NOCc3cccc(-c4ccccc4)c3)CO[C@](C)(C[C@@H](C)C3=NCCN4C(=O)O[C@@]1(C)[C@H]4[C@H]3C)[C@@H](O[C@H]1O[C@@H](C)C[C@@H](N(C)C)[C@@H]1O)[C@@H]2C. The van der Waals surface area contributed by atoms with E-state index >= 15 is 0 Å². The smallest absolute Gasteiger partial charge is 0.410 e. The van der Waals surface area contributed by atoms with E-state index in [1.54, 1.807) is 11.8 Å². The third kappa shape index (κ3) is 9.32. The van der Waals surface area contributed by atoms with E-state index < -0.39 is 71.8 Å². The Balaban J connectivity index is 1.28. The minimum absolute atomic E-state index is 0.00460. The van der Waals surface area contributed by atoms with Crippen molar-refractivity contribution in [2.75, 3.05) is 40.4 Å². The van der Waals surface area contributed by atoms with Crippen LogP contribution in [0, 0.1) is 23.7 Å². The molecule has 62 heavy (non-hydrogen) atoms. The fourth-order valence-electron chi connectivity index (χ4n) is 10.9. The summed E-state index contributed by atoms with van der Waals surface area (Å²) in [5.74, 6) is -2.24. The zero-order chi connectivity index (χ0) is 44.5. The van der Waals surface area contributed by atoms with Crippen LogP contribution in [0.15, 0.2) is 64.7 Å². The summed E-state index contributed by atoms with van der Waals surface area (Å²) < 4.78 is 40.0. The van der Waals surface area contributed by atoms with Crippen LogP contribution in [0.2, 0.25) is 0 Å². The zero-order valence-electron chi connectivity index (χ0n) is 38.2. The van der Waals surface area contributed by atoms with Gasteiger partial charge in [0.1, 0.15) is 24.5 Å². The number of nitrogens with zero attached hydrogens (tertiary/aromatic N) is 4. The number of carbonyl (C=O) groups is 2. The number of hydrogen-bond donors (Lipinski definition) is 1. The third-order valence-corrected chi connectivity index (χ3v) is 14.0. The number of aliphatic imine (C=N–C) groups is 1. The maximum atomic E-state index is 14.6. The first-order chi connectivity index (χ1) is 29.5. The lowest BCUT2D eigenvalue weighted by atomic mass is 9.72. The number of hydrogen-bond acceptors (Lipinski definition) is 13. The molecule has 1 N–H and O–H groups in total. The Labute approximate surface area is 367 Å². The lowest BCUT2D eigenvalue weighted by Gasteiger charge is -2.48. The highest BCUT2D eigenvalue weighted by molar-refractivity contribution is 5.91. The highest BCUT2D eigenvalue weighted by Gasteiger charge is 2.60. The molecular formula is C48H68N4O10. The summed E-state index contributed by atoms with van der Waals surface area (Å²) in [5.41, 5.74) is 2.32. The minimum Gasteiger partial charge on any atom is -0.458 e. The van der Waals surface area contributed by atoms with Crippen molar-refractivity contribution in [1.29, 1.82) is 0 Å². The molecule has 340 valence electrons. The molecule has 14 atom stereocenters. The number of oxime groups is 1. The summed E-state index contributed by atoms with van der Waals surface area (Å²) in [6.07, 6.45) is -3.42. The van der Waals surface area contributed by atoms with Crippen molar-refractivity contribution >= 4 is 23.5 Å².